The molecule has 1 aromatic heterocycles. The number of hydrogen-bond donors (Lipinski definition) is 1. The molecule has 4 heterocycles. The third-order valence-electron chi connectivity index (χ3n) is 9.01. The van der Waals surface area contributed by atoms with Crippen molar-refractivity contribution in [3.63, 3.8) is 0 Å². The molecular formula is C33H26N4O3. The third-order valence-corrected chi connectivity index (χ3v) is 9.01. The zero-order chi connectivity index (χ0) is 27.3. The van der Waals surface area contributed by atoms with Crippen LogP contribution in [0.15, 0.2) is 95.8 Å². The van der Waals surface area contributed by atoms with Gasteiger partial charge >= 0.3 is 0 Å². The molecule has 7 nitrogen and oxygen atoms in total. The summed E-state index contributed by atoms with van der Waals surface area (Å²) in [5.74, 6) is -1.34. The summed E-state index contributed by atoms with van der Waals surface area (Å²) < 4.78 is 1.64. The number of anilines is 1. The van der Waals surface area contributed by atoms with Gasteiger partial charge in [-0.25, -0.2) is 9.88 Å². The Morgan fingerprint density at radius 2 is 1.55 bits per heavy atom. The number of nitrogens with one attached hydrogen (secondary N) is 1. The van der Waals surface area contributed by atoms with Gasteiger partial charge in [0, 0.05) is 11.6 Å². The Morgan fingerprint density at radius 3 is 2.38 bits per heavy atom. The summed E-state index contributed by atoms with van der Waals surface area (Å²) in [5, 5.41) is 6.26. The summed E-state index contributed by atoms with van der Waals surface area (Å²) in [6, 6.07) is 28.2. The van der Waals surface area contributed by atoms with Crippen molar-refractivity contribution in [3.05, 3.63) is 113 Å². The van der Waals surface area contributed by atoms with E-state index in [1.165, 1.54) is 4.90 Å². The van der Waals surface area contributed by atoms with Crippen LogP contribution >= 0.6 is 0 Å². The molecule has 0 bridgehead atoms. The lowest BCUT2D eigenvalue weighted by Crippen LogP contribution is -2.51. The molecule has 40 heavy (non-hydrogen) atoms. The smallest absolute Gasteiger partial charge is 0.266 e. The van der Waals surface area contributed by atoms with E-state index in [0.29, 0.717) is 28.1 Å². The first-order chi connectivity index (χ1) is 19.4. The summed E-state index contributed by atoms with van der Waals surface area (Å²) in [6.45, 7) is 4.12. The van der Waals surface area contributed by atoms with Crippen LogP contribution in [0.5, 0.6) is 0 Å². The lowest BCUT2D eigenvalue weighted by atomic mass is 9.75. The van der Waals surface area contributed by atoms with Gasteiger partial charge in [0.05, 0.1) is 34.1 Å². The van der Waals surface area contributed by atoms with E-state index in [-0.39, 0.29) is 29.3 Å². The summed E-state index contributed by atoms with van der Waals surface area (Å²) in [6.07, 6.45) is 0. The number of imide groups is 1. The predicted octanol–water partition coefficient (Wildman–Crippen LogP) is 4.53. The van der Waals surface area contributed by atoms with Crippen molar-refractivity contribution in [1.82, 2.24) is 14.9 Å². The third kappa shape index (κ3) is 2.77. The molecular weight excluding hydrogens is 500 g/mol. The molecule has 1 N–H and O–H groups in total. The van der Waals surface area contributed by atoms with E-state index in [4.69, 9.17) is 4.98 Å². The van der Waals surface area contributed by atoms with Crippen LogP contribution < -0.4 is 15.8 Å². The molecule has 7 heteroatoms. The van der Waals surface area contributed by atoms with Crippen LogP contribution in [-0.4, -0.2) is 27.4 Å². The van der Waals surface area contributed by atoms with E-state index in [0.717, 1.165) is 16.3 Å². The highest BCUT2D eigenvalue weighted by Gasteiger charge is 2.70. The number of carbonyl (C=O) groups excluding carboxylic acids is 2. The molecule has 2 amide bonds. The van der Waals surface area contributed by atoms with Crippen LogP contribution in [0.3, 0.4) is 0 Å². The second-order valence-electron chi connectivity index (χ2n) is 11.4. The minimum atomic E-state index is -1.13. The maximum absolute atomic E-state index is 14.6. The lowest BCUT2D eigenvalue weighted by Gasteiger charge is -2.32. The fourth-order valence-corrected chi connectivity index (χ4v) is 7.29. The van der Waals surface area contributed by atoms with Crippen molar-refractivity contribution in [2.24, 2.45) is 17.8 Å². The molecule has 0 saturated carbocycles. The standard InChI is InChI=1S/C33H26N4O3/c1-18(2)28-26-27(31(40)36(30(26)39)21-16-15-19-9-3-4-10-20(19)17-21)33(35-28)23-12-6-8-14-25(23)37-29(38)22-11-5-7-13-24(22)34-32(33)37/h3-18,26-28,35H,1-2H3/t26-,27+,28-,33+/m0/s1. The van der Waals surface area contributed by atoms with E-state index in [1.807, 2.05) is 84.9 Å². The second kappa shape index (κ2) is 7.96. The molecule has 2 saturated heterocycles. The molecule has 1 spiro atoms. The molecule has 2 fully saturated rings. The van der Waals surface area contributed by atoms with E-state index in [2.05, 4.69) is 19.2 Å². The largest absolute Gasteiger partial charge is 0.296 e. The van der Waals surface area contributed by atoms with Crippen LogP contribution in [0.2, 0.25) is 0 Å². The maximum atomic E-state index is 14.6. The molecule has 0 aliphatic carbocycles. The Hall–Kier alpha value is -4.62. The number of rotatable bonds is 2. The van der Waals surface area contributed by atoms with Crippen LogP contribution in [0.25, 0.3) is 27.4 Å². The number of para-hydroxylation sites is 2. The minimum absolute atomic E-state index is 0.0496. The molecule has 3 aliphatic rings. The fourth-order valence-electron chi connectivity index (χ4n) is 7.29. The van der Waals surface area contributed by atoms with Crippen LogP contribution in [0.1, 0.15) is 25.2 Å². The number of hydrogen-bond acceptors (Lipinski definition) is 5. The average molecular weight is 527 g/mol. The summed E-state index contributed by atoms with van der Waals surface area (Å²) in [7, 11) is 0. The predicted molar refractivity (Wildman–Crippen MR) is 153 cm³/mol. The summed E-state index contributed by atoms with van der Waals surface area (Å²) >= 11 is 0. The van der Waals surface area contributed by atoms with Gasteiger partial charge in [-0.05, 0) is 47.0 Å². The zero-order valence-corrected chi connectivity index (χ0v) is 22.0. The molecule has 4 atom stereocenters. The Morgan fingerprint density at radius 1 is 0.825 bits per heavy atom. The van der Waals surface area contributed by atoms with Gasteiger partial charge < -0.3 is 0 Å². The van der Waals surface area contributed by atoms with Crippen LogP contribution in [-0.2, 0) is 15.1 Å². The number of nitrogens with zero attached hydrogens (tertiary/aromatic N) is 3. The first-order valence-corrected chi connectivity index (χ1v) is 13.7. The van der Waals surface area contributed by atoms with Gasteiger partial charge in [-0.3, -0.25) is 24.3 Å². The fraction of sp³-hybridized carbons (Fsp3) is 0.212. The van der Waals surface area contributed by atoms with E-state index in [1.54, 1.807) is 10.6 Å². The van der Waals surface area contributed by atoms with Gasteiger partial charge in [-0.2, -0.15) is 0 Å². The van der Waals surface area contributed by atoms with Crippen molar-refractivity contribution in [2.45, 2.75) is 25.4 Å². The molecule has 5 aromatic rings. The molecule has 0 unspecified atom stereocenters. The quantitative estimate of drug-likeness (QED) is 0.342. The molecule has 4 aromatic carbocycles. The zero-order valence-electron chi connectivity index (χ0n) is 22.0. The SMILES string of the molecule is CC(C)[C@@H]1N[C@]2(c3ccccc3-n3c2nc2ccccc2c3=O)[C@H]2C(=O)N(c3ccc4ccccc4c3)C(=O)[C@H]12. The van der Waals surface area contributed by atoms with Gasteiger partial charge in [0.15, 0.2) is 0 Å². The Kier molecular flexibility index (Phi) is 4.63. The molecule has 0 radical (unpaired) electrons. The van der Waals surface area contributed by atoms with Crippen molar-refractivity contribution < 1.29 is 9.59 Å². The number of aromatic nitrogens is 2. The number of carbonyl (C=O) groups is 2. The number of benzene rings is 4. The topological polar surface area (TPSA) is 84.3 Å². The highest BCUT2D eigenvalue weighted by atomic mass is 16.2. The summed E-state index contributed by atoms with van der Waals surface area (Å²) in [4.78, 5) is 49.2. The van der Waals surface area contributed by atoms with Gasteiger partial charge in [-0.1, -0.05) is 74.5 Å². The van der Waals surface area contributed by atoms with E-state index >= 15 is 0 Å². The highest BCUT2D eigenvalue weighted by Crippen LogP contribution is 2.56. The molecule has 8 rings (SSSR count). The monoisotopic (exact) mass is 526 g/mol. The van der Waals surface area contributed by atoms with Crippen LogP contribution in [0.4, 0.5) is 5.69 Å². The van der Waals surface area contributed by atoms with Crippen molar-refractivity contribution in [2.75, 3.05) is 4.90 Å². The van der Waals surface area contributed by atoms with Gasteiger partial charge in [0.2, 0.25) is 11.8 Å². The van der Waals surface area contributed by atoms with E-state index < -0.39 is 17.4 Å². The highest BCUT2D eigenvalue weighted by molar-refractivity contribution is 6.23. The van der Waals surface area contributed by atoms with Crippen molar-refractivity contribution >= 4 is 39.2 Å². The van der Waals surface area contributed by atoms with Crippen LogP contribution in [0, 0.1) is 17.8 Å². The van der Waals surface area contributed by atoms with Gasteiger partial charge in [-0.15, -0.1) is 0 Å². The first-order valence-electron chi connectivity index (χ1n) is 13.7. The summed E-state index contributed by atoms with van der Waals surface area (Å²) in [5.41, 5.74) is 1.32. The minimum Gasteiger partial charge on any atom is -0.296 e. The number of fused-ring (bicyclic) bond motifs is 9. The number of amides is 2. The molecule has 196 valence electrons. The van der Waals surface area contributed by atoms with E-state index in [9.17, 15) is 14.4 Å². The first kappa shape index (κ1) is 23.3. The Balaban J connectivity index is 1.40. The maximum Gasteiger partial charge on any atom is 0.266 e. The van der Waals surface area contributed by atoms with Gasteiger partial charge in [0.25, 0.3) is 5.56 Å². The normalized spacial score (nSPS) is 24.9. The lowest BCUT2D eigenvalue weighted by molar-refractivity contribution is -0.123. The Bertz CT molecular complexity index is 1980. The van der Waals surface area contributed by atoms with Crippen molar-refractivity contribution in [3.8, 4) is 5.69 Å². The molecule has 3 aliphatic heterocycles. The average Bonchev–Trinajstić information content (AvgIpc) is 3.56. The Labute approximate surface area is 230 Å². The van der Waals surface area contributed by atoms with Gasteiger partial charge in [0.1, 0.15) is 11.4 Å². The second-order valence-corrected chi connectivity index (χ2v) is 11.4. The van der Waals surface area contributed by atoms with Crippen molar-refractivity contribution in [1.29, 1.82) is 0 Å².